The van der Waals surface area contributed by atoms with Gasteiger partial charge in [0.25, 0.3) is 10.0 Å². The van der Waals surface area contributed by atoms with Crippen molar-refractivity contribution in [3.05, 3.63) is 57.6 Å². The second-order valence-electron chi connectivity index (χ2n) is 10.4. The molecule has 4 N–H and O–H groups in total. The van der Waals surface area contributed by atoms with Crippen molar-refractivity contribution >= 4 is 33.1 Å². The van der Waals surface area contributed by atoms with Gasteiger partial charge in [-0.1, -0.05) is 39.8 Å². The lowest BCUT2D eigenvalue weighted by atomic mass is 9.93. The van der Waals surface area contributed by atoms with Gasteiger partial charge in [-0.2, -0.15) is 13.2 Å². The molecule has 2 heterocycles. The molecule has 15 heteroatoms. The van der Waals surface area contributed by atoms with Crippen LogP contribution in [0.3, 0.4) is 0 Å². The smallest absolute Gasteiger partial charge is 0.390 e. The van der Waals surface area contributed by atoms with Gasteiger partial charge < -0.3 is 15.5 Å². The fourth-order valence-electron chi connectivity index (χ4n) is 3.94. The molecule has 0 fully saturated rings. The molecule has 0 spiro atoms. The van der Waals surface area contributed by atoms with E-state index in [0.29, 0.717) is 11.3 Å². The Morgan fingerprint density at radius 2 is 1.73 bits per heavy atom. The van der Waals surface area contributed by atoms with Crippen LogP contribution in [-0.2, 0) is 28.4 Å². The Bertz CT molecular complexity index is 1560. The third-order valence-corrected chi connectivity index (χ3v) is 9.13. The lowest BCUT2D eigenvalue weighted by Crippen LogP contribution is -2.35. The summed E-state index contributed by atoms with van der Waals surface area (Å²) in [5.41, 5.74) is -3.35. The average molecular weight is 619 g/mol. The first-order chi connectivity index (χ1) is 18.8. The topological polar surface area (TPSA) is 142 Å². The molecule has 2 amide bonds. The van der Waals surface area contributed by atoms with E-state index in [1.807, 2.05) is 4.72 Å². The number of carbonyl (C=O) groups excluding carboxylic acids is 1. The van der Waals surface area contributed by atoms with Gasteiger partial charge in [0.15, 0.2) is 10.0 Å². The van der Waals surface area contributed by atoms with Gasteiger partial charge in [-0.3, -0.25) is 0 Å². The number of halogens is 4. The zero-order valence-electron chi connectivity index (χ0n) is 23.0. The maximum Gasteiger partial charge on any atom is 0.416 e. The summed E-state index contributed by atoms with van der Waals surface area (Å²) in [5, 5.41) is 22.1. The Labute approximate surface area is 238 Å². The number of aliphatic hydroxyl groups excluding tert-OH is 1. The van der Waals surface area contributed by atoms with Crippen LogP contribution in [0.5, 0.6) is 0 Å². The third kappa shape index (κ3) is 7.02. The number of hydrogen-bond acceptors (Lipinski definition) is 8. The van der Waals surface area contributed by atoms with E-state index in [4.69, 9.17) is 0 Å². The van der Waals surface area contributed by atoms with Gasteiger partial charge in [-0.05, 0) is 37.8 Å². The molecule has 0 atom stereocenters. The molecule has 9 nitrogen and oxygen atoms in total. The van der Waals surface area contributed by atoms with E-state index < -0.39 is 61.9 Å². The zero-order chi connectivity index (χ0) is 31.1. The Kier molecular flexibility index (Phi) is 9.18. The van der Waals surface area contributed by atoms with Crippen LogP contribution in [0.25, 0.3) is 11.3 Å². The number of amides is 2. The van der Waals surface area contributed by atoms with Crippen molar-refractivity contribution in [3.8, 4) is 11.3 Å². The van der Waals surface area contributed by atoms with E-state index in [9.17, 15) is 36.6 Å². The van der Waals surface area contributed by atoms with E-state index in [0.717, 1.165) is 18.2 Å². The number of thiazole rings is 1. The molecule has 224 valence electrons. The van der Waals surface area contributed by atoms with Crippen LogP contribution in [-0.4, -0.2) is 34.6 Å². The molecule has 0 saturated carbocycles. The molecule has 41 heavy (non-hydrogen) atoms. The first-order valence-corrected chi connectivity index (χ1v) is 14.7. The number of rotatable bonds is 8. The molecule has 3 aromatic rings. The predicted molar refractivity (Wildman–Crippen MR) is 145 cm³/mol. The summed E-state index contributed by atoms with van der Waals surface area (Å²) in [6.45, 7) is 8.49. The van der Waals surface area contributed by atoms with Crippen molar-refractivity contribution in [2.24, 2.45) is 0 Å². The molecule has 1 aromatic carbocycles. The average Bonchev–Trinajstić information content (AvgIpc) is 3.29. The molecule has 2 aromatic heterocycles. The maximum atomic E-state index is 15.9. The standard InChI is InChI=1S/C26H30F4N4O5S2/c1-12(2)17-18(27)20(14-8-7-9-15(10-14)26(28,29)30)32-19(13(3)4)21(17)33-24(36)34-41(38,39)22-16(11-35)31-23(40-22)25(5,6)37/h7-10,12-13,35,37H,11H2,1-6H3,(H2,33,34,36). The Morgan fingerprint density at radius 3 is 2.24 bits per heavy atom. The van der Waals surface area contributed by atoms with Gasteiger partial charge in [-0.15, -0.1) is 11.3 Å². The molecule has 0 unspecified atom stereocenters. The summed E-state index contributed by atoms with van der Waals surface area (Å²) >= 11 is 0.563. The number of carbonyl (C=O) groups is 1. The number of nitrogens with one attached hydrogen (secondary N) is 2. The number of pyridine rings is 1. The predicted octanol–water partition coefficient (Wildman–Crippen LogP) is 5.84. The van der Waals surface area contributed by atoms with Crippen LogP contribution >= 0.6 is 11.3 Å². The summed E-state index contributed by atoms with van der Waals surface area (Å²) in [6, 6.07) is 2.78. The SMILES string of the molecule is CC(C)c1nc(-c2cccc(C(F)(F)F)c2)c(F)c(C(C)C)c1NC(=O)NS(=O)(=O)c1sc(C(C)(C)O)nc1CO. The van der Waals surface area contributed by atoms with Gasteiger partial charge >= 0.3 is 12.2 Å². The lowest BCUT2D eigenvalue weighted by Gasteiger charge is -2.22. The molecule has 0 aliphatic heterocycles. The number of aromatic nitrogens is 2. The van der Waals surface area contributed by atoms with Crippen molar-refractivity contribution in [2.75, 3.05) is 5.32 Å². The number of aliphatic hydroxyl groups is 2. The third-order valence-electron chi connectivity index (χ3n) is 5.83. The van der Waals surface area contributed by atoms with Crippen LogP contribution in [0.4, 0.5) is 28.0 Å². The highest BCUT2D eigenvalue weighted by molar-refractivity contribution is 7.92. The molecular weight excluding hydrogens is 588 g/mol. The van der Waals surface area contributed by atoms with E-state index in [1.54, 1.807) is 27.7 Å². The van der Waals surface area contributed by atoms with Crippen LogP contribution < -0.4 is 10.0 Å². The molecule has 0 aliphatic carbocycles. The fourth-order valence-corrected chi connectivity index (χ4v) is 6.36. The first-order valence-electron chi connectivity index (χ1n) is 12.4. The number of anilines is 1. The van der Waals surface area contributed by atoms with Gasteiger partial charge in [0.05, 0.1) is 29.2 Å². The van der Waals surface area contributed by atoms with E-state index >= 15 is 4.39 Å². The molecular formula is C26H30F4N4O5S2. The van der Waals surface area contributed by atoms with Gasteiger partial charge in [0, 0.05) is 11.1 Å². The molecule has 3 rings (SSSR count). The Hall–Kier alpha value is -3.14. The fraction of sp³-hybridized carbons (Fsp3) is 0.423. The van der Waals surface area contributed by atoms with E-state index in [2.05, 4.69) is 15.3 Å². The molecule has 0 radical (unpaired) electrons. The summed E-state index contributed by atoms with van der Waals surface area (Å²) in [7, 11) is -4.61. The largest absolute Gasteiger partial charge is 0.416 e. The summed E-state index contributed by atoms with van der Waals surface area (Å²) in [4.78, 5) is 21.2. The first kappa shape index (κ1) is 32.4. The Morgan fingerprint density at radius 1 is 1.10 bits per heavy atom. The number of urea groups is 1. The highest BCUT2D eigenvalue weighted by atomic mass is 32.2. The molecule has 0 saturated heterocycles. The maximum absolute atomic E-state index is 15.9. The van der Waals surface area contributed by atoms with Gasteiger partial charge in [-0.25, -0.2) is 32.3 Å². The number of hydrogen-bond donors (Lipinski definition) is 4. The van der Waals surface area contributed by atoms with Crippen molar-refractivity contribution in [1.29, 1.82) is 0 Å². The second kappa shape index (κ2) is 11.6. The van der Waals surface area contributed by atoms with E-state index in [-0.39, 0.29) is 38.9 Å². The van der Waals surface area contributed by atoms with Crippen LogP contribution in [0.15, 0.2) is 28.5 Å². The van der Waals surface area contributed by atoms with Crippen molar-refractivity contribution < 1.29 is 41.0 Å². The summed E-state index contributed by atoms with van der Waals surface area (Å²) in [5.74, 6) is -2.05. The number of benzene rings is 1. The number of sulfonamides is 1. The van der Waals surface area contributed by atoms with Crippen molar-refractivity contribution in [2.45, 2.75) is 76.0 Å². The van der Waals surface area contributed by atoms with Crippen molar-refractivity contribution in [1.82, 2.24) is 14.7 Å². The van der Waals surface area contributed by atoms with Gasteiger partial charge in [0.1, 0.15) is 16.3 Å². The number of nitrogens with zero attached hydrogens (tertiary/aromatic N) is 2. The number of alkyl halides is 3. The molecule has 0 aliphatic rings. The summed E-state index contributed by atoms with van der Waals surface area (Å²) in [6.07, 6.45) is -4.67. The normalized spacial score (nSPS) is 12.7. The lowest BCUT2D eigenvalue weighted by molar-refractivity contribution is -0.137. The van der Waals surface area contributed by atoms with Crippen molar-refractivity contribution in [3.63, 3.8) is 0 Å². The van der Waals surface area contributed by atoms with Gasteiger partial charge in [0.2, 0.25) is 0 Å². The highest BCUT2D eigenvalue weighted by Crippen LogP contribution is 2.39. The minimum absolute atomic E-state index is 0.0111. The monoisotopic (exact) mass is 618 g/mol. The van der Waals surface area contributed by atoms with Crippen LogP contribution in [0.2, 0.25) is 0 Å². The minimum Gasteiger partial charge on any atom is -0.390 e. The zero-order valence-corrected chi connectivity index (χ0v) is 24.6. The molecule has 0 bridgehead atoms. The van der Waals surface area contributed by atoms with Crippen LogP contribution in [0.1, 0.15) is 80.9 Å². The summed E-state index contributed by atoms with van der Waals surface area (Å²) < 4.78 is 83.3. The van der Waals surface area contributed by atoms with Crippen LogP contribution in [0, 0.1) is 5.82 Å². The highest BCUT2D eigenvalue weighted by Gasteiger charge is 2.33. The van der Waals surface area contributed by atoms with E-state index in [1.165, 1.54) is 19.9 Å². The second-order valence-corrected chi connectivity index (χ2v) is 13.2. The Balaban J connectivity index is 2.08. The quantitative estimate of drug-likeness (QED) is 0.233. The minimum atomic E-state index is -4.67.